The predicted octanol–water partition coefficient (Wildman–Crippen LogP) is 5.91. The maximum atomic E-state index is 14.1. The zero-order valence-corrected chi connectivity index (χ0v) is 23.4. The summed E-state index contributed by atoms with van der Waals surface area (Å²) < 4.78 is 14.1. The summed E-state index contributed by atoms with van der Waals surface area (Å²) in [5.41, 5.74) is 7.59. The van der Waals surface area contributed by atoms with Gasteiger partial charge in [0.2, 0.25) is 0 Å². The Morgan fingerprint density at radius 1 is 0.902 bits per heavy atom. The molecule has 0 unspecified atom stereocenters. The van der Waals surface area contributed by atoms with Crippen molar-refractivity contribution in [3.05, 3.63) is 156 Å². The molecule has 7 rings (SSSR count). The number of para-hydroxylation sites is 1. The summed E-state index contributed by atoms with van der Waals surface area (Å²) in [5.74, 6) is 1.53. The van der Waals surface area contributed by atoms with Crippen LogP contribution >= 0.6 is 11.3 Å². The van der Waals surface area contributed by atoms with Gasteiger partial charge in [0.15, 0.2) is 4.80 Å². The Bertz CT molecular complexity index is 1950. The first-order valence-electron chi connectivity index (χ1n) is 13.7. The van der Waals surface area contributed by atoms with Crippen LogP contribution in [0.5, 0.6) is 11.5 Å². The standard InChI is InChI=1S/C35H28N2O3S/c1-39-27-18-15-25(16-19-27)33-29-20-17-24-11-5-7-13-28(24)32(29)36-35-37(33)34(38)31(41-35)21-26-12-6-8-14-30(26)40-22-23-9-3-2-4-10-23/h2-16,18-19,21,33H,17,20,22H2,1H3/b31-21-/t33-/m0/s1. The van der Waals surface area contributed by atoms with Crippen molar-refractivity contribution in [3.8, 4) is 11.5 Å². The molecule has 0 radical (unpaired) electrons. The Kier molecular flexibility index (Phi) is 6.61. The highest BCUT2D eigenvalue weighted by Crippen LogP contribution is 2.41. The van der Waals surface area contributed by atoms with Crippen LogP contribution in [0.2, 0.25) is 0 Å². The van der Waals surface area contributed by atoms with Crippen LogP contribution in [0.25, 0.3) is 11.8 Å². The quantitative estimate of drug-likeness (QED) is 0.262. The fraction of sp³-hybridized carbons (Fsp3) is 0.143. The highest BCUT2D eigenvalue weighted by Gasteiger charge is 2.32. The molecule has 1 atom stereocenters. The van der Waals surface area contributed by atoms with E-state index < -0.39 is 0 Å². The van der Waals surface area contributed by atoms with Crippen LogP contribution in [-0.2, 0) is 13.0 Å². The molecule has 2 aliphatic rings. The number of hydrogen-bond acceptors (Lipinski definition) is 5. The molecule has 0 amide bonds. The molecule has 41 heavy (non-hydrogen) atoms. The maximum absolute atomic E-state index is 14.1. The highest BCUT2D eigenvalue weighted by molar-refractivity contribution is 7.07. The summed E-state index contributed by atoms with van der Waals surface area (Å²) in [5, 5.41) is 0. The number of nitrogens with zero attached hydrogens (tertiary/aromatic N) is 2. The first-order chi connectivity index (χ1) is 20.2. The van der Waals surface area contributed by atoms with Crippen molar-refractivity contribution in [2.45, 2.75) is 25.5 Å². The molecule has 1 aliphatic heterocycles. The number of aryl methyl sites for hydroxylation is 1. The van der Waals surface area contributed by atoms with Crippen LogP contribution < -0.4 is 24.4 Å². The lowest BCUT2D eigenvalue weighted by atomic mass is 9.83. The van der Waals surface area contributed by atoms with E-state index >= 15 is 0 Å². The van der Waals surface area contributed by atoms with Crippen LogP contribution in [0.4, 0.5) is 0 Å². The second-order valence-electron chi connectivity index (χ2n) is 10.2. The zero-order chi connectivity index (χ0) is 27.8. The smallest absolute Gasteiger partial charge is 0.271 e. The van der Waals surface area contributed by atoms with E-state index in [-0.39, 0.29) is 11.6 Å². The normalized spacial score (nSPS) is 15.9. The third kappa shape index (κ3) is 4.70. The van der Waals surface area contributed by atoms with Gasteiger partial charge >= 0.3 is 0 Å². The summed E-state index contributed by atoms with van der Waals surface area (Å²) in [6.45, 7) is 0.455. The molecule has 1 aromatic heterocycles. The molecule has 0 saturated heterocycles. The number of hydrogen-bond donors (Lipinski definition) is 0. The summed E-state index contributed by atoms with van der Waals surface area (Å²) >= 11 is 1.43. The summed E-state index contributed by atoms with van der Waals surface area (Å²) in [6.07, 6.45) is 3.71. The van der Waals surface area contributed by atoms with E-state index in [0.717, 1.165) is 52.3 Å². The molecule has 6 heteroatoms. The van der Waals surface area contributed by atoms with Crippen molar-refractivity contribution in [2.75, 3.05) is 7.11 Å². The molecule has 1 aliphatic carbocycles. The fourth-order valence-corrected chi connectivity index (χ4v) is 6.71. The number of aromatic nitrogens is 1. The SMILES string of the molecule is COc1ccc([C@H]2C3=C(N=c4s/c(=C\c5ccccc5OCc5ccccc5)c(=O)n42)c2ccccc2CC3)cc1. The Balaban J connectivity index is 1.36. The van der Waals surface area contributed by atoms with Crippen LogP contribution in [0.1, 0.15) is 40.3 Å². The third-order valence-corrected chi connectivity index (χ3v) is 8.73. The summed E-state index contributed by atoms with van der Waals surface area (Å²) in [4.78, 5) is 20.0. The van der Waals surface area contributed by atoms with E-state index in [1.165, 1.54) is 22.5 Å². The van der Waals surface area contributed by atoms with Gasteiger partial charge in [-0.3, -0.25) is 9.36 Å². The van der Waals surface area contributed by atoms with Gasteiger partial charge < -0.3 is 9.47 Å². The first kappa shape index (κ1) is 25.3. The van der Waals surface area contributed by atoms with Crippen LogP contribution in [0.3, 0.4) is 0 Å². The molecule has 0 spiro atoms. The average Bonchev–Trinajstić information content (AvgIpc) is 3.34. The molecule has 202 valence electrons. The molecule has 0 fully saturated rings. The van der Waals surface area contributed by atoms with Crippen LogP contribution in [0.15, 0.2) is 118 Å². The van der Waals surface area contributed by atoms with Gasteiger partial charge in [0, 0.05) is 11.1 Å². The maximum Gasteiger partial charge on any atom is 0.271 e. The topological polar surface area (TPSA) is 52.8 Å². The zero-order valence-electron chi connectivity index (χ0n) is 22.6. The minimum absolute atomic E-state index is 0.0437. The Hall–Kier alpha value is -4.68. The number of benzene rings is 4. The lowest BCUT2D eigenvalue weighted by Crippen LogP contribution is -2.38. The van der Waals surface area contributed by atoms with Gasteiger partial charge in [-0.25, -0.2) is 4.99 Å². The van der Waals surface area contributed by atoms with Crippen molar-refractivity contribution >= 4 is 23.1 Å². The number of thiazole rings is 1. The van der Waals surface area contributed by atoms with Crippen LogP contribution in [0, 0.1) is 0 Å². The Labute approximate surface area is 242 Å². The summed E-state index contributed by atoms with van der Waals surface area (Å²) in [7, 11) is 1.66. The van der Waals surface area contributed by atoms with E-state index in [0.29, 0.717) is 15.9 Å². The number of fused-ring (bicyclic) bond motifs is 3. The van der Waals surface area contributed by atoms with Crippen molar-refractivity contribution in [1.82, 2.24) is 4.57 Å². The van der Waals surface area contributed by atoms with Gasteiger partial charge in [-0.05, 0) is 59.4 Å². The Morgan fingerprint density at radius 3 is 2.49 bits per heavy atom. The molecule has 5 nitrogen and oxygen atoms in total. The second kappa shape index (κ2) is 10.7. The van der Waals surface area contributed by atoms with Gasteiger partial charge in [0.25, 0.3) is 5.56 Å². The molecule has 2 heterocycles. The van der Waals surface area contributed by atoms with E-state index in [4.69, 9.17) is 14.5 Å². The van der Waals surface area contributed by atoms with Gasteiger partial charge in [-0.15, -0.1) is 0 Å². The lowest BCUT2D eigenvalue weighted by Gasteiger charge is -2.30. The van der Waals surface area contributed by atoms with E-state index in [9.17, 15) is 4.79 Å². The van der Waals surface area contributed by atoms with Crippen molar-refractivity contribution in [1.29, 1.82) is 0 Å². The lowest BCUT2D eigenvalue weighted by molar-refractivity contribution is 0.305. The van der Waals surface area contributed by atoms with E-state index in [2.05, 4.69) is 36.4 Å². The van der Waals surface area contributed by atoms with E-state index in [1.807, 2.05) is 77.4 Å². The molecule has 0 saturated carbocycles. The van der Waals surface area contributed by atoms with Gasteiger partial charge in [0.1, 0.15) is 18.1 Å². The number of methoxy groups -OCH3 is 1. The molecule has 4 aromatic carbocycles. The number of ether oxygens (including phenoxy) is 2. The second-order valence-corrected chi connectivity index (χ2v) is 11.2. The molecular weight excluding hydrogens is 528 g/mol. The minimum Gasteiger partial charge on any atom is -0.497 e. The predicted molar refractivity (Wildman–Crippen MR) is 163 cm³/mol. The average molecular weight is 557 g/mol. The fourth-order valence-electron chi connectivity index (χ4n) is 5.72. The van der Waals surface area contributed by atoms with Gasteiger partial charge in [-0.1, -0.05) is 96.3 Å². The van der Waals surface area contributed by atoms with Crippen molar-refractivity contribution < 1.29 is 9.47 Å². The number of rotatable bonds is 6. The van der Waals surface area contributed by atoms with Crippen molar-refractivity contribution in [2.24, 2.45) is 4.99 Å². The van der Waals surface area contributed by atoms with Crippen molar-refractivity contribution in [3.63, 3.8) is 0 Å². The minimum atomic E-state index is -0.229. The van der Waals surface area contributed by atoms with Crippen LogP contribution in [-0.4, -0.2) is 11.7 Å². The summed E-state index contributed by atoms with van der Waals surface area (Å²) in [6, 6.07) is 34.2. The monoisotopic (exact) mass is 556 g/mol. The number of allylic oxidation sites excluding steroid dienone is 1. The van der Waals surface area contributed by atoms with Gasteiger partial charge in [-0.2, -0.15) is 0 Å². The molecule has 0 N–H and O–H groups in total. The molecule has 5 aromatic rings. The largest absolute Gasteiger partial charge is 0.497 e. The van der Waals surface area contributed by atoms with Gasteiger partial charge in [0.05, 0.1) is 23.4 Å². The highest BCUT2D eigenvalue weighted by atomic mass is 32.1. The molecule has 0 bridgehead atoms. The Morgan fingerprint density at radius 2 is 1.66 bits per heavy atom. The first-order valence-corrected chi connectivity index (χ1v) is 14.5. The molecular formula is C35H28N2O3S. The van der Waals surface area contributed by atoms with E-state index in [1.54, 1.807) is 7.11 Å². The third-order valence-electron chi connectivity index (χ3n) is 7.75.